The van der Waals surface area contributed by atoms with Crippen molar-refractivity contribution >= 4 is 15.9 Å². The zero-order chi connectivity index (χ0) is 26.7. The van der Waals surface area contributed by atoms with E-state index in [2.05, 4.69) is 10.6 Å². The summed E-state index contributed by atoms with van der Waals surface area (Å²) in [6.45, 7) is 5.73. The maximum absolute atomic E-state index is 12.8. The van der Waals surface area contributed by atoms with Gasteiger partial charge in [0.2, 0.25) is 22.7 Å². The zero-order valence-corrected chi connectivity index (χ0v) is 22.5. The molecule has 0 aromatic heterocycles. The van der Waals surface area contributed by atoms with Crippen LogP contribution in [0.4, 0.5) is 0 Å². The molecule has 1 aliphatic heterocycles. The van der Waals surface area contributed by atoms with E-state index in [1.165, 1.54) is 4.31 Å². The molecule has 0 aliphatic carbocycles. The predicted molar refractivity (Wildman–Crippen MR) is 143 cm³/mol. The fraction of sp³-hybridized carbons (Fsp3) is 0.519. The molecular weight excluding hydrogens is 494 g/mol. The molecule has 2 aromatic rings. The fourth-order valence-electron chi connectivity index (χ4n) is 4.23. The van der Waals surface area contributed by atoms with Crippen molar-refractivity contribution in [3.05, 3.63) is 59.7 Å². The molecule has 0 bridgehead atoms. The van der Waals surface area contributed by atoms with Crippen molar-refractivity contribution in [2.75, 3.05) is 32.2 Å². The van der Waals surface area contributed by atoms with Gasteiger partial charge in [0.15, 0.2) is 11.5 Å². The third kappa shape index (κ3) is 8.99. The lowest BCUT2D eigenvalue weighted by Crippen LogP contribution is -2.49. The second-order valence-corrected chi connectivity index (χ2v) is 11.3. The molecule has 0 radical (unpaired) electrons. The maximum atomic E-state index is 12.8. The molecule has 10 heteroatoms. The van der Waals surface area contributed by atoms with Crippen LogP contribution < -0.4 is 20.1 Å². The van der Waals surface area contributed by atoms with Crippen molar-refractivity contribution in [1.82, 2.24) is 14.9 Å². The summed E-state index contributed by atoms with van der Waals surface area (Å²) in [5, 5.41) is 17.1. The van der Waals surface area contributed by atoms with Crippen LogP contribution in [0.3, 0.4) is 0 Å². The molecule has 2 atom stereocenters. The molecule has 0 unspecified atom stereocenters. The summed E-state index contributed by atoms with van der Waals surface area (Å²) in [6.07, 6.45) is 0.706. The third-order valence-electron chi connectivity index (χ3n) is 6.16. The van der Waals surface area contributed by atoms with E-state index < -0.39 is 28.1 Å². The minimum atomic E-state index is -3.54. The highest BCUT2D eigenvalue weighted by atomic mass is 32.2. The molecule has 2 aromatic carbocycles. The number of nitrogens with zero attached hydrogens (tertiary/aromatic N) is 1. The summed E-state index contributed by atoms with van der Waals surface area (Å²) in [5.41, 5.74) is 1.95. The Bertz CT molecular complexity index is 1090. The van der Waals surface area contributed by atoms with Crippen LogP contribution in [-0.4, -0.2) is 68.1 Å². The molecule has 0 spiro atoms. The summed E-state index contributed by atoms with van der Waals surface area (Å²) in [5.74, 6) is 0.600. The van der Waals surface area contributed by atoms with E-state index >= 15 is 0 Å². The number of sulfonamides is 1. The Morgan fingerprint density at radius 2 is 1.73 bits per heavy atom. The van der Waals surface area contributed by atoms with E-state index in [0.717, 1.165) is 11.1 Å². The number of aliphatic hydroxyl groups excluding tert-OH is 1. The molecule has 0 fully saturated rings. The van der Waals surface area contributed by atoms with Gasteiger partial charge < -0.3 is 25.2 Å². The molecule has 0 saturated heterocycles. The lowest BCUT2D eigenvalue weighted by Gasteiger charge is -2.25. The van der Waals surface area contributed by atoms with Crippen molar-refractivity contribution in [2.45, 2.75) is 58.2 Å². The van der Waals surface area contributed by atoms with Gasteiger partial charge in [0.25, 0.3) is 0 Å². The normalized spacial score (nSPS) is 14.5. The van der Waals surface area contributed by atoms with Crippen LogP contribution in [0.25, 0.3) is 0 Å². The second-order valence-electron chi connectivity index (χ2n) is 9.21. The van der Waals surface area contributed by atoms with E-state index in [1.807, 2.05) is 56.3 Å². The molecule has 3 rings (SSSR count). The van der Waals surface area contributed by atoms with E-state index in [1.54, 1.807) is 6.07 Å². The van der Waals surface area contributed by atoms with Gasteiger partial charge in [-0.3, -0.25) is 4.79 Å². The smallest absolute Gasteiger partial charge is 0.231 e. The highest BCUT2D eigenvalue weighted by Crippen LogP contribution is 2.32. The molecule has 204 valence electrons. The molecular formula is C27H39N3O6S. The molecule has 3 N–H and O–H groups in total. The maximum Gasteiger partial charge on any atom is 0.231 e. The Labute approximate surface area is 220 Å². The first kappa shape index (κ1) is 28.9. The number of carbonyl (C=O) groups is 1. The first-order chi connectivity index (χ1) is 17.8. The van der Waals surface area contributed by atoms with Gasteiger partial charge >= 0.3 is 0 Å². The topological polar surface area (TPSA) is 117 Å². The van der Waals surface area contributed by atoms with Crippen molar-refractivity contribution in [3.63, 3.8) is 0 Å². The van der Waals surface area contributed by atoms with Crippen LogP contribution >= 0.6 is 0 Å². The molecule has 1 heterocycles. The number of rotatable bonds is 16. The van der Waals surface area contributed by atoms with Crippen molar-refractivity contribution in [2.24, 2.45) is 0 Å². The summed E-state index contributed by atoms with van der Waals surface area (Å²) in [6, 6.07) is 14.7. The number of hydrogen-bond acceptors (Lipinski definition) is 7. The summed E-state index contributed by atoms with van der Waals surface area (Å²) in [7, 11) is -3.54. The van der Waals surface area contributed by atoms with Gasteiger partial charge in [-0.05, 0) is 42.5 Å². The van der Waals surface area contributed by atoms with Gasteiger partial charge in [-0.15, -0.1) is 0 Å². The van der Waals surface area contributed by atoms with E-state index in [4.69, 9.17) is 9.47 Å². The number of fused-ring (bicyclic) bond motifs is 1. The number of nitrogens with one attached hydrogen (secondary N) is 2. The Hall–Kier alpha value is -2.66. The van der Waals surface area contributed by atoms with Crippen LogP contribution in [0.15, 0.2) is 48.5 Å². The van der Waals surface area contributed by atoms with Crippen LogP contribution in [0.5, 0.6) is 11.5 Å². The van der Waals surface area contributed by atoms with Gasteiger partial charge in [-0.2, -0.15) is 0 Å². The van der Waals surface area contributed by atoms with Gasteiger partial charge in [0, 0.05) is 32.6 Å². The molecule has 0 saturated carbocycles. The molecule has 37 heavy (non-hydrogen) atoms. The highest BCUT2D eigenvalue weighted by molar-refractivity contribution is 7.89. The van der Waals surface area contributed by atoms with Gasteiger partial charge in [-0.1, -0.05) is 50.2 Å². The number of ether oxygens (including phenoxy) is 2. The first-order valence-electron chi connectivity index (χ1n) is 12.9. The largest absolute Gasteiger partial charge is 0.454 e. The number of amides is 1. The van der Waals surface area contributed by atoms with Gasteiger partial charge in [0.05, 0.1) is 17.9 Å². The monoisotopic (exact) mass is 533 g/mol. The minimum absolute atomic E-state index is 0.159. The number of hydrogen-bond donors (Lipinski definition) is 3. The summed E-state index contributed by atoms with van der Waals surface area (Å²) < 4.78 is 37.8. The van der Waals surface area contributed by atoms with Gasteiger partial charge in [-0.25, -0.2) is 12.7 Å². The SMILES string of the molecule is CCCN(CCC)S(=O)(=O)CCC(=O)N[C@@H](Cc1ccc2c(c1)OCO2)[C@@H](O)CNCc1ccccc1. The Morgan fingerprint density at radius 3 is 2.43 bits per heavy atom. The van der Waals surface area contributed by atoms with Crippen molar-refractivity contribution in [1.29, 1.82) is 0 Å². The number of benzene rings is 2. The average Bonchev–Trinajstić information content (AvgIpc) is 3.35. The first-order valence-corrected chi connectivity index (χ1v) is 14.5. The highest BCUT2D eigenvalue weighted by Gasteiger charge is 2.26. The van der Waals surface area contributed by atoms with Crippen molar-refractivity contribution < 1.29 is 27.8 Å². The molecule has 9 nitrogen and oxygen atoms in total. The summed E-state index contributed by atoms with van der Waals surface area (Å²) >= 11 is 0. The fourth-order valence-corrected chi connectivity index (χ4v) is 5.85. The zero-order valence-electron chi connectivity index (χ0n) is 21.7. The minimum Gasteiger partial charge on any atom is -0.454 e. The third-order valence-corrected chi connectivity index (χ3v) is 8.03. The van der Waals surface area contributed by atoms with Crippen LogP contribution in [-0.2, 0) is 27.8 Å². The van der Waals surface area contributed by atoms with E-state index in [0.29, 0.717) is 50.4 Å². The number of carbonyl (C=O) groups excluding carboxylic acids is 1. The van der Waals surface area contributed by atoms with Crippen LogP contribution in [0.1, 0.15) is 44.2 Å². The quantitative estimate of drug-likeness (QED) is 0.303. The van der Waals surface area contributed by atoms with Crippen LogP contribution in [0, 0.1) is 0 Å². The lowest BCUT2D eigenvalue weighted by atomic mass is 10.00. The second kappa shape index (κ2) is 14.3. The Balaban J connectivity index is 1.63. The standard InChI is InChI=1S/C27H39N3O6S/c1-3-13-30(14-4-2)37(33,34)15-12-27(32)29-23(16-22-10-11-25-26(17-22)36-20-35-25)24(31)19-28-18-21-8-6-5-7-9-21/h5-11,17,23-24,28,31H,3-4,12-16,18-20H2,1-2H3,(H,29,32)/t23-,24-/m0/s1. The number of aliphatic hydroxyl groups is 1. The summed E-state index contributed by atoms with van der Waals surface area (Å²) in [4.78, 5) is 12.8. The van der Waals surface area contributed by atoms with Crippen molar-refractivity contribution in [3.8, 4) is 11.5 Å². The van der Waals surface area contributed by atoms with E-state index in [-0.39, 0.29) is 25.5 Å². The van der Waals surface area contributed by atoms with Gasteiger partial charge in [0.1, 0.15) is 0 Å². The van der Waals surface area contributed by atoms with E-state index in [9.17, 15) is 18.3 Å². The Morgan fingerprint density at radius 1 is 1.03 bits per heavy atom. The predicted octanol–water partition coefficient (Wildman–Crippen LogP) is 2.44. The molecule has 1 amide bonds. The average molecular weight is 534 g/mol. The Kier molecular flexibility index (Phi) is 11.2. The lowest BCUT2D eigenvalue weighted by molar-refractivity contribution is -0.122. The molecule has 1 aliphatic rings. The van der Waals surface area contributed by atoms with Crippen LogP contribution in [0.2, 0.25) is 0 Å².